The van der Waals surface area contributed by atoms with Crippen molar-refractivity contribution in [1.82, 2.24) is 24.4 Å². The standard InChI is InChI=1S/C18H24N6O/c1-22-9-5-14(21-18(22)25)12-23-10-6-16(7-11-23)24(15-2-3-15)17-4-8-19-13-20-17/h4-5,8-9,13,15-16H,2-3,6-7,10-12H2,1H3. The molecule has 132 valence electrons. The fourth-order valence-electron chi connectivity index (χ4n) is 3.63. The van der Waals surface area contributed by atoms with Crippen molar-refractivity contribution >= 4 is 5.82 Å². The summed E-state index contributed by atoms with van der Waals surface area (Å²) in [5, 5.41) is 0. The second-order valence-corrected chi connectivity index (χ2v) is 7.03. The maximum atomic E-state index is 11.7. The van der Waals surface area contributed by atoms with E-state index in [4.69, 9.17) is 0 Å². The SMILES string of the molecule is Cn1ccc(CN2CCC(N(c3ccncn3)C3CC3)CC2)nc1=O. The van der Waals surface area contributed by atoms with Crippen LogP contribution in [-0.2, 0) is 13.6 Å². The van der Waals surface area contributed by atoms with Gasteiger partial charge in [-0.15, -0.1) is 0 Å². The number of likely N-dealkylation sites (tertiary alicyclic amines) is 1. The molecule has 0 spiro atoms. The summed E-state index contributed by atoms with van der Waals surface area (Å²) in [7, 11) is 1.73. The fraction of sp³-hybridized carbons (Fsp3) is 0.556. The van der Waals surface area contributed by atoms with Crippen molar-refractivity contribution in [3.8, 4) is 0 Å². The molecular weight excluding hydrogens is 316 g/mol. The Hall–Kier alpha value is -2.28. The van der Waals surface area contributed by atoms with Gasteiger partial charge in [0.2, 0.25) is 0 Å². The smallest absolute Gasteiger partial charge is 0.347 e. The first-order chi connectivity index (χ1) is 12.2. The van der Waals surface area contributed by atoms with Crippen LogP contribution < -0.4 is 10.6 Å². The fourth-order valence-corrected chi connectivity index (χ4v) is 3.63. The highest BCUT2D eigenvalue weighted by atomic mass is 16.1. The first-order valence-electron chi connectivity index (χ1n) is 9.00. The highest BCUT2D eigenvalue weighted by Crippen LogP contribution is 2.35. The van der Waals surface area contributed by atoms with E-state index in [1.165, 1.54) is 17.4 Å². The quantitative estimate of drug-likeness (QED) is 0.815. The van der Waals surface area contributed by atoms with E-state index >= 15 is 0 Å². The summed E-state index contributed by atoms with van der Waals surface area (Å²) in [6, 6.07) is 5.14. The predicted octanol–water partition coefficient (Wildman–Crippen LogP) is 1.20. The maximum absolute atomic E-state index is 11.7. The molecule has 2 aromatic rings. The van der Waals surface area contributed by atoms with E-state index in [2.05, 4.69) is 24.8 Å². The average molecular weight is 340 g/mol. The summed E-state index contributed by atoms with van der Waals surface area (Å²) >= 11 is 0. The molecule has 0 N–H and O–H groups in total. The molecular formula is C18H24N6O. The summed E-state index contributed by atoms with van der Waals surface area (Å²) in [5.41, 5.74) is 0.674. The second kappa shape index (κ2) is 6.92. The van der Waals surface area contributed by atoms with Crippen LogP contribution in [-0.4, -0.2) is 49.6 Å². The Labute approximate surface area is 147 Å². The lowest BCUT2D eigenvalue weighted by molar-refractivity contribution is 0.198. The molecule has 0 amide bonds. The van der Waals surface area contributed by atoms with Gasteiger partial charge in [-0.3, -0.25) is 4.90 Å². The van der Waals surface area contributed by atoms with Gasteiger partial charge in [0.1, 0.15) is 12.1 Å². The molecule has 2 aromatic heterocycles. The predicted molar refractivity (Wildman–Crippen MR) is 95.3 cm³/mol. The molecule has 7 heteroatoms. The lowest BCUT2D eigenvalue weighted by Gasteiger charge is -2.39. The van der Waals surface area contributed by atoms with Gasteiger partial charge in [-0.05, 0) is 37.8 Å². The van der Waals surface area contributed by atoms with Gasteiger partial charge in [-0.25, -0.2) is 14.8 Å². The van der Waals surface area contributed by atoms with E-state index in [-0.39, 0.29) is 5.69 Å². The van der Waals surface area contributed by atoms with Crippen LogP contribution in [0.25, 0.3) is 0 Å². The first-order valence-corrected chi connectivity index (χ1v) is 9.00. The summed E-state index contributed by atoms with van der Waals surface area (Å²) in [6.45, 7) is 2.80. The molecule has 1 aliphatic heterocycles. The first kappa shape index (κ1) is 16.2. The van der Waals surface area contributed by atoms with E-state index in [1.807, 2.05) is 18.3 Å². The highest BCUT2D eigenvalue weighted by molar-refractivity contribution is 5.41. The van der Waals surface area contributed by atoms with Gasteiger partial charge < -0.3 is 9.47 Å². The van der Waals surface area contributed by atoms with Gasteiger partial charge in [0.05, 0.1) is 5.69 Å². The normalized spacial score (nSPS) is 19.1. The van der Waals surface area contributed by atoms with E-state index in [0.29, 0.717) is 12.1 Å². The molecule has 0 unspecified atom stereocenters. The van der Waals surface area contributed by atoms with Gasteiger partial charge in [0, 0.05) is 51.2 Å². The second-order valence-electron chi connectivity index (χ2n) is 7.03. The van der Waals surface area contributed by atoms with Crippen LogP contribution in [0.1, 0.15) is 31.4 Å². The largest absolute Gasteiger partial charge is 0.350 e. The third-order valence-electron chi connectivity index (χ3n) is 5.14. The van der Waals surface area contributed by atoms with Crippen molar-refractivity contribution in [2.24, 2.45) is 7.05 Å². The molecule has 2 fully saturated rings. The Morgan fingerprint density at radius 1 is 1.16 bits per heavy atom. The maximum Gasteiger partial charge on any atom is 0.347 e. The number of hydrogen-bond acceptors (Lipinski definition) is 6. The molecule has 0 radical (unpaired) electrons. The molecule has 25 heavy (non-hydrogen) atoms. The molecule has 1 saturated carbocycles. The highest BCUT2D eigenvalue weighted by Gasteiger charge is 2.36. The number of hydrogen-bond donors (Lipinski definition) is 0. The van der Waals surface area contributed by atoms with E-state index in [9.17, 15) is 4.79 Å². The Morgan fingerprint density at radius 2 is 1.92 bits per heavy atom. The van der Waals surface area contributed by atoms with Gasteiger partial charge in [0.15, 0.2) is 0 Å². The molecule has 3 heterocycles. The van der Waals surface area contributed by atoms with Crippen LogP contribution in [0.3, 0.4) is 0 Å². The topological polar surface area (TPSA) is 67.2 Å². The number of aryl methyl sites for hydroxylation is 1. The van der Waals surface area contributed by atoms with Crippen LogP contribution in [0.2, 0.25) is 0 Å². The molecule has 1 saturated heterocycles. The van der Waals surface area contributed by atoms with Crippen LogP contribution >= 0.6 is 0 Å². The Morgan fingerprint density at radius 3 is 2.56 bits per heavy atom. The third-order valence-corrected chi connectivity index (χ3v) is 5.14. The van der Waals surface area contributed by atoms with Crippen molar-refractivity contribution in [3.63, 3.8) is 0 Å². The van der Waals surface area contributed by atoms with Crippen molar-refractivity contribution < 1.29 is 0 Å². The van der Waals surface area contributed by atoms with Crippen LogP contribution in [0.15, 0.2) is 35.6 Å². The zero-order chi connectivity index (χ0) is 17.2. The average Bonchev–Trinajstić information content (AvgIpc) is 3.46. The lowest BCUT2D eigenvalue weighted by Crippen LogP contribution is -2.46. The lowest BCUT2D eigenvalue weighted by atomic mass is 10.0. The molecule has 7 nitrogen and oxygen atoms in total. The molecule has 0 atom stereocenters. The Kier molecular flexibility index (Phi) is 4.48. The number of nitrogens with zero attached hydrogens (tertiary/aromatic N) is 6. The summed E-state index contributed by atoms with van der Waals surface area (Å²) in [5.74, 6) is 1.06. The van der Waals surface area contributed by atoms with Crippen molar-refractivity contribution in [3.05, 3.63) is 47.0 Å². The molecule has 0 aromatic carbocycles. The van der Waals surface area contributed by atoms with E-state index in [0.717, 1.165) is 44.0 Å². The van der Waals surface area contributed by atoms with Gasteiger partial charge in [-0.1, -0.05) is 0 Å². The zero-order valence-corrected chi connectivity index (χ0v) is 14.6. The molecule has 0 bridgehead atoms. The Bertz CT molecular complexity index is 765. The monoisotopic (exact) mass is 340 g/mol. The van der Waals surface area contributed by atoms with Gasteiger partial charge >= 0.3 is 5.69 Å². The van der Waals surface area contributed by atoms with Crippen LogP contribution in [0.5, 0.6) is 0 Å². The van der Waals surface area contributed by atoms with E-state index < -0.39 is 0 Å². The summed E-state index contributed by atoms with van der Waals surface area (Å²) in [6.07, 6.45) is 10.0. The minimum atomic E-state index is -0.184. The van der Waals surface area contributed by atoms with E-state index in [1.54, 1.807) is 19.6 Å². The third kappa shape index (κ3) is 3.71. The molecule has 1 aliphatic carbocycles. The summed E-state index contributed by atoms with van der Waals surface area (Å²) < 4.78 is 1.50. The van der Waals surface area contributed by atoms with Gasteiger partial charge in [-0.2, -0.15) is 4.98 Å². The Balaban J connectivity index is 1.39. The summed E-state index contributed by atoms with van der Waals surface area (Å²) in [4.78, 5) is 29.2. The zero-order valence-electron chi connectivity index (χ0n) is 14.6. The molecule has 4 rings (SSSR count). The van der Waals surface area contributed by atoms with Crippen LogP contribution in [0, 0.1) is 0 Å². The number of anilines is 1. The number of aromatic nitrogens is 4. The number of rotatable bonds is 5. The minimum absolute atomic E-state index is 0.184. The van der Waals surface area contributed by atoms with Crippen LogP contribution in [0.4, 0.5) is 5.82 Å². The van der Waals surface area contributed by atoms with Crippen molar-refractivity contribution in [2.45, 2.75) is 44.3 Å². The molecule has 2 aliphatic rings. The number of piperidine rings is 1. The minimum Gasteiger partial charge on any atom is -0.350 e. The van der Waals surface area contributed by atoms with Gasteiger partial charge in [0.25, 0.3) is 0 Å². The van der Waals surface area contributed by atoms with Crippen molar-refractivity contribution in [2.75, 3.05) is 18.0 Å². The van der Waals surface area contributed by atoms with Crippen molar-refractivity contribution in [1.29, 1.82) is 0 Å².